The van der Waals surface area contributed by atoms with Crippen LogP contribution >= 0.6 is 11.6 Å². The standard InChI is InChI=1S/C25H26ClN3O3/c1-18(20-8-12-23(13-9-20)32-17-19-4-2-14-27-16-19)29-24(30)5-3-15-28-25(31)21-6-10-22(26)11-7-21/h2,4,6-14,16,18H,3,5,15,17H2,1H3,(H,28,31)(H,29,30). The van der Waals surface area contributed by atoms with Crippen LogP contribution in [0.25, 0.3) is 0 Å². The SMILES string of the molecule is CC(NC(=O)CCCNC(=O)c1ccc(Cl)cc1)c1ccc(OCc2cccnc2)cc1. The van der Waals surface area contributed by atoms with E-state index in [9.17, 15) is 9.59 Å². The summed E-state index contributed by atoms with van der Waals surface area (Å²) in [4.78, 5) is 28.4. The lowest BCUT2D eigenvalue weighted by molar-refractivity contribution is -0.121. The van der Waals surface area contributed by atoms with E-state index in [1.165, 1.54) is 0 Å². The second kappa shape index (κ2) is 11.9. The Morgan fingerprint density at radius 3 is 2.50 bits per heavy atom. The van der Waals surface area contributed by atoms with Gasteiger partial charge >= 0.3 is 0 Å². The Hall–Kier alpha value is -3.38. The van der Waals surface area contributed by atoms with Crippen LogP contribution < -0.4 is 15.4 Å². The van der Waals surface area contributed by atoms with Gasteiger partial charge in [-0.1, -0.05) is 29.8 Å². The van der Waals surface area contributed by atoms with Crippen LogP contribution in [0.1, 0.15) is 47.3 Å². The van der Waals surface area contributed by atoms with Crippen LogP contribution in [-0.2, 0) is 11.4 Å². The average Bonchev–Trinajstić information content (AvgIpc) is 2.82. The molecule has 166 valence electrons. The molecular weight excluding hydrogens is 426 g/mol. The van der Waals surface area contributed by atoms with Crippen molar-refractivity contribution in [2.24, 2.45) is 0 Å². The third-order valence-corrected chi connectivity index (χ3v) is 5.11. The van der Waals surface area contributed by atoms with Crippen molar-refractivity contribution >= 4 is 23.4 Å². The molecule has 0 aliphatic rings. The summed E-state index contributed by atoms with van der Waals surface area (Å²) in [5.41, 5.74) is 2.53. The highest BCUT2D eigenvalue weighted by molar-refractivity contribution is 6.30. The lowest BCUT2D eigenvalue weighted by Crippen LogP contribution is -2.29. The maximum absolute atomic E-state index is 12.2. The first kappa shape index (κ1) is 23.3. The van der Waals surface area contributed by atoms with Crippen molar-refractivity contribution in [1.82, 2.24) is 15.6 Å². The summed E-state index contributed by atoms with van der Waals surface area (Å²) in [7, 11) is 0. The molecule has 1 atom stereocenters. The molecule has 1 heterocycles. The Kier molecular flexibility index (Phi) is 8.63. The number of benzene rings is 2. The molecule has 0 aliphatic carbocycles. The van der Waals surface area contributed by atoms with Gasteiger partial charge in [-0.2, -0.15) is 0 Å². The molecule has 6 nitrogen and oxygen atoms in total. The number of hydrogen-bond donors (Lipinski definition) is 2. The molecule has 0 fully saturated rings. The normalized spacial score (nSPS) is 11.4. The van der Waals surface area contributed by atoms with E-state index in [-0.39, 0.29) is 17.9 Å². The van der Waals surface area contributed by atoms with Gasteiger partial charge in [-0.05, 0) is 61.4 Å². The van der Waals surface area contributed by atoms with E-state index in [0.29, 0.717) is 36.6 Å². The maximum atomic E-state index is 12.2. The highest BCUT2D eigenvalue weighted by Crippen LogP contribution is 2.19. The lowest BCUT2D eigenvalue weighted by Gasteiger charge is -2.15. The third-order valence-electron chi connectivity index (χ3n) is 4.86. The molecule has 0 saturated heterocycles. The summed E-state index contributed by atoms with van der Waals surface area (Å²) in [6.45, 7) is 2.81. The van der Waals surface area contributed by atoms with Crippen molar-refractivity contribution in [2.75, 3.05) is 6.54 Å². The highest BCUT2D eigenvalue weighted by atomic mass is 35.5. The Labute approximate surface area is 193 Å². The Bertz CT molecular complexity index is 1010. The molecule has 1 aromatic heterocycles. The number of aromatic nitrogens is 1. The summed E-state index contributed by atoms with van der Waals surface area (Å²) in [6, 6.07) is 18.0. The largest absolute Gasteiger partial charge is 0.489 e. The van der Waals surface area contributed by atoms with Gasteiger partial charge in [0.2, 0.25) is 5.91 Å². The average molecular weight is 452 g/mol. The van der Waals surface area contributed by atoms with E-state index in [1.807, 2.05) is 43.3 Å². The van der Waals surface area contributed by atoms with Crippen molar-refractivity contribution < 1.29 is 14.3 Å². The number of ether oxygens (including phenoxy) is 1. The number of carbonyl (C=O) groups is 2. The van der Waals surface area contributed by atoms with E-state index in [1.54, 1.807) is 36.7 Å². The van der Waals surface area contributed by atoms with Crippen molar-refractivity contribution in [2.45, 2.75) is 32.4 Å². The van der Waals surface area contributed by atoms with Gasteiger partial charge in [0.25, 0.3) is 5.91 Å². The number of halogens is 1. The van der Waals surface area contributed by atoms with Crippen LogP contribution in [0.2, 0.25) is 5.02 Å². The zero-order valence-corrected chi connectivity index (χ0v) is 18.6. The summed E-state index contributed by atoms with van der Waals surface area (Å²) in [5.74, 6) is 0.518. The molecular formula is C25H26ClN3O3. The molecule has 0 radical (unpaired) electrons. The molecule has 0 saturated carbocycles. The smallest absolute Gasteiger partial charge is 0.251 e. The maximum Gasteiger partial charge on any atom is 0.251 e. The number of carbonyl (C=O) groups excluding carboxylic acids is 2. The van der Waals surface area contributed by atoms with E-state index >= 15 is 0 Å². The van der Waals surface area contributed by atoms with E-state index < -0.39 is 0 Å². The number of amides is 2. The minimum Gasteiger partial charge on any atom is -0.489 e. The molecule has 0 spiro atoms. The van der Waals surface area contributed by atoms with Crippen LogP contribution in [0.4, 0.5) is 0 Å². The van der Waals surface area contributed by atoms with Gasteiger partial charge in [0.1, 0.15) is 12.4 Å². The molecule has 3 rings (SSSR count). The number of rotatable bonds is 10. The first-order chi connectivity index (χ1) is 15.5. The number of nitrogens with zero attached hydrogens (tertiary/aromatic N) is 1. The summed E-state index contributed by atoms with van der Waals surface area (Å²) in [6.07, 6.45) is 4.39. The van der Waals surface area contributed by atoms with Gasteiger partial charge < -0.3 is 15.4 Å². The van der Waals surface area contributed by atoms with Crippen LogP contribution in [0, 0.1) is 0 Å². The number of hydrogen-bond acceptors (Lipinski definition) is 4. The van der Waals surface area contributed by atoms with Crippen LogP contribution in [0.15, 0.2) is 73.1 Å². The second-order valence-electron chi connectivity index (χ2n) is 7.37. The Morgan fingerprint density at radius 2 is 1.81 bits per heavy atom. The second-order valence-corrected chi connectivity index (χ2v) is 7.81. The fraction of sp³-hybridized carbons (Fsp3) is 0.240. The zero-order chi connectivity index (χ0) is 22.8. The van der Waals surface area contributed by atoms with Crippen LogP contribution in [0.5, 0.6) is 5.75 Å². The third kappa shape index (κ3) is 7.39. The first-order valence-electron chi connectivity index (χ1n) is 10.5. The number of pyridine rings is 1. The summed E-state index contributed by atoms with van der Waals surface area (Å²) >= 11 is 5.82. The Morgan fingerprint density at radius 1 is 1.06 bits per heavy atom. The fourth-order valence-corrected chi connectivity index (χ4v) is 3.18. The molecule has 0 aliphatic heterocycles. The van der Waals surface area contributed by atoms with Gasteiger partial charge in [-0.15, -0.1) is 0 Å². The molecule has 0 bridgehead atoms. The minimum atomic E-state index is -0.179. The molecule has 2 N–H and O–H groups in total. The van der Waals surface area contributed by atoms with E-state index in [0.717, 1.165) is 16.9 Å². The van der Waals surface area contributed by atoms with Gasteiger partial charge in [0.15, 0.2) is 0 Å². The zero-order valence-electron chi connectivity index (χ0n) is 17.9. The van der Waals surface area contributed by atoms with Crippen molar-refractivity contribution in [1.29, 1.82) is 0 Å². The topological polar surface area (TPSA) is 80.3 Å². The molecule has 32 heavy (non-hydrogen) atoms. The first-order valence-corrected chi connectivity index (χ1v) is 10.8. The van der Waals surface area contributed by atoms with E-state index in [2.05, 4.69) is 15.6 Å². The highest BCUT2D eigenvalue weighted by Gasteiger charge is 2.10. The van der Waals surface area contributed by atoms with Crippen molar-refractivity contribution in [3.63, 3.8) is 0 Å². The monoisotopic (exact) mass is 451 g/mol. The predicted octanol–water partition coefficient (Wildman–Crippen LogP) is 4.70. The molecule has 2 aromatic carbocycles. The summed E-state index contributed by atoms with van der Waals surface area (Å²) in [5, 5.41) is 6.38. The fourth-order valence-electron chi connectivity index (χ4n) is 3.05. The summed E-state index contributed by atoms with van der Waals surface area (Å²) < 4.78 is 5.76. The quantitative estimate of drug-likeness (QED) is 0.438. The van der Waals surface area contributed by atoms with Gasteiger partial charge in [0, 0.05) is 41.5 Å². The lowest BCUT2D eigenvalue weighted by atomic mass is 10.1. The number of nitrogens with one attached hydrogen (secondary N) is 2. The van der Waals surface area contributed by atoms with Gasteiger partial charge in [0.05, 0.1) is 6.04 Å². The molecule has 2 amide bonds. The Balaban J connectivity index is 1.36. The van der Waals surface area contributed by atoms with Crippen LogP contribution in [-0.4, -0.2) is 23.3 Å². The van der Waals surface area contributed by atoms with Crippen molar-refractivity contribution in [3.8, 4) is 5.75 Å². The minimum absolute atomic E-state index is 0.0600. The van der Waals surface area contributed by atoms with Crippen LogP contribution in [0.3, 0.4) is 0 Å². The molecule has 7 heteroatoms. The van der Waals surface area contributed by atoms with Gasteiger partial charge in [-0.25, -0.2) is 0 Å². The molecule has 1 unspecified atom stereocenters. The molecule has 3 aromatic rings. The van der Waals surface area contributed by atoms with Crippen molar-refractivity contribution in [3.05, 3.63) is 94.8 Å². The van der Waals surface area contributed by atoms with E-state index in [4.69, 9.17) is 16.3 Å². The predicted molar refractivity (Wildman–Crippen MR) is 125 cm³/mol. The van der Waals surface area contributed by atoms with Gasteiger partial charge in [-0.3, -0.25) is 14.6 Å².